The molecule has 70 valence electrons. The Balaban J connectivity index is 3.38. The van der Waals surface area contributed by atoms with E-state index >= 15 is 0 Å². The van der Waals surface area contributed by atoms with Crippen molar-refractivity contribution < 1.29 is 9.90 Å². The van der Waals surface area contributed by atoms with Gasteiger partial charge in [-0.2, -0.15) is 0 Å². The average molecular weight is 200 g/mol. The molecule has 1 aromatic carbocycles. The van der Waals surface area contributed by atoms with Gasteiger partial charge in [-0.3, -0.25) is 0 Å². The van der Waals surface area contributed by atoms with Crippen LogP contribution in [0, 0.1) is 6.92 Å². The number of carbonyl (C=O) groups is 1. The zero-order valence-electron chi connectivity index (χ0n) is 7.17. The Morgan fingerprint density at radius 2 is 2.23 bits per heavy atom. The lowest BCUT2D eigenvalue weighted by molar-refractivity contribution is 0.0696. The fourth-order valence-electron chi connectivity index (χ4n) is 1.21. The SMILES string of the molecule is Cc1c(CN)ccc(Cl)c1C(=O)O. The standard InChI is InChI=1S/C9H10ClNO2/c1-5-6(4-11)2-3-7(10)8(5)9(12)13/h2-3H,4,11H2,1H3,(H,12,13). The molecule has 0 bridgehead atoms. The molecule has 1 rings (SSSR count). The van der Waals surface area contributed by atoms with Gasteiger partial charge in [-0.15, -0.1) is 0 Å². The minimum Gasteiger partial charge on any atom is -0.478 e. The van der Waals surface area contributed by atoms with Crippen LogP contribution in [0.4, 0.5) is 0 Å². The van der Waals surface area contributed by atoms with Crippen molar-refractivity contribution >= 4 is 17.6 Å². The van der Waals surface area contributed by atoms with Gasteiger partial charge in [0.05, 0.1) is 10.6 Å². The van der Waals surface area contributed by atoms with Crippen molar-refractivity contribution in [1.29, 1.82) is 0 Å². The highest BCUT2D eigenvalue weighted by molar-refractivity contribution is 6.33. The number of carboxylic acids is 1. The molecule has 0 saturated heterocycles. The van der Waals surface area contributed by atoms with Crippen molar-refractivity contribution in [2.45, 2.75) is 13.5 Å². The molecular weight excluding hydrogens is 190 g/mol. The summed E-state index contributed by atoms with van der Waals surface area (Å²) in [5, 5.41) is 9.09. The van der Waals surface area contributed by atoms with Gasteiger partial charge in [-0.1, -0.05) is 17.7 Å². The Bertz CT molecular complexity index is 350. The van der Waals surface area contributed by atoms with Crippen LogP contribution in [-0.2, 0) is 6.54 Å². The first-order valence-electron chi connectivity index (χ1n) is 3.79. The van der Waals surface area contributed by atoms with Crippen LogP contribution in [0.2, 0.25) is 5.02 Å². The van der Waals surface area contributed by atoms with Gasteiger partial charge < -0.3 is 10.8 Å². The maximum absolute atomic E-state index is 10.8. The minimum atomic E-state index is -1.02. The molecule has 0 radical (unpaired) electrons. The highest BCUT2D eigenvalue weighted by Crippen LogP contribution is 2.22. The summed E-state index contributed by atoms with van der Waals surface area (Å²) in [5.41, 5.74) is 7.03. The number of hydrogen-bond acceptors (Lipinski definition) is 2. The summed E-state index contributed by atoms with van der Waals surface area (Å²) in [4.78, 5) is 10.8. The number of aromatic carboxylic acids is 1. The van der Waals surface area contributed by atoms with E-state index < -0.39 is 5.97 Å². The van der Waals surface area contributed by atoms with Gasteiger partial charge >= 0.3 is 5.97 Å². The van der Waals surface area contributed by atoms with Crippen molar-refractivity contribution in [1.82, 2.24) is 0 Å². The molecule has 0 fully saturated rings. The van der Waals surface area contributed by atoms with Gasteiger partial charge in [-0.25, -0.2) is 4.79 Å². The van der Waals surface area contributed by atoms with Crippen molar-refractivity contribution in [3.63, 3.8) is 0 Å². The van der Waals surface area contributed by atoms with Crippen LogP contribution >= 0.6 is 11.6 Å². The van der Waals surface area contributed by atoms with E-state index in [1.165, 1.54) is 0 Å². The predicted molar refractivity (Wildman–Crippen MR) is 51.0 cm³/mol. The summed E-state index contributed by atoms with van der Waals surface area (Å²) in [6, 6.07) is 3.30. The number of rotatable bonds is 2. The van der Waals surface area contributed by atoms with E-state index in [0.29, 0.717) is 12.1 Å². The number of benzene rings is 1. The summed E-state index contributed by atoms with van der Waals surface area (Å²) >= 11 is 5.73. The fourth-order valence-corrected chi connectivity index (χ4v) is 1.49. The molecule has 0 atom stereocenters. The second kappa shape index (κ2) is 3.77. The summed E-state index contributed by atoms with van der Waals surface area (Å²) in [5.74, 6) is -1.02. The number of carboxylic acid groups (broad SMARTS) is 1. The minimum absolute atomic E-state index is 0.143. The lowest BCUT2D eigenvalue weighted by Gasteiger charge is -2.07. The molecule has 0 spiro atoms. The number of nitrogens with two attached hydrogens (primary N) is 1. The first-order chi connectivity index (χ1) is 6.07. The third-order valence-corrected chi connectivity index (χ3v) is 2.28. The van der Waals surface area contributed by atoms with Crippen LogP contribution < -0.4 is 5.73 Å². The van der Waals surface area contributed by atoms with Gasteiger partial charge in [-0.05, 0) is 24.1 Å². The van der Waals surface area contributed by atoms with E-state index in [9.17, 15) is 4.79 Å². The molecule has 0 aliphatic heterocycles. The summed E-state index contributed by atoms with van der Waals surface area (Å²) < 4.78 is 0. The van der Waals surface area contributed by atoms with Crippen LogP contribution in [0.3, 0.4) is 0 Å². The van der Waals surface area contributed by atoms with E-state index in [2.05, 4.69) is 0 Å². The molecule has 0 aliphatic carbocycles. The molecule has 0 unspecified atom stereocenters. The zero-order chi connectivity index (χ0) is 10.0. The largest absolute Gasteiger partial charge is 0.478 e. The lowest BCUT2D eigenvalue weighted by atomic mass is 10.0. The van der Waals surface area contributed by atoms with E-state index in [0.717, 1.165) is 5.56 Å². The first kappa shape index (κ1) is 10.0. The van der Waals surface area contributed by atoms with E-state index in [1.54, 1.807) is 19.1 Å². The van der Waals surface area contributed by atoms with E-state index in [1.807, 2.05) is 0 Å². The molecule has 0 saturated carbocycles. The Hall–Kier alpha value is -1.06. The number of halogens is 1. The van der Waals surface area contributed by atoms with Crippen LogP contribution in [0.5, 0.6) is 0 Å². The maximum Gasteiger partial charge on any atom is 0.337 e. The van der Waals surface area contributed by atoms with Crippen LogP contribution in [-0.4, -0.2) is 11.1 Å². The van der Waals surface area contributed by atoms with Crippen LogP contribution in [0.1, 0.15) is 21.5 Å². The molecular formula is C9H10ClNO2. The Morgan fingerprint density at radius 1 is 1.62 bits per heavy atom. The van der Waals surface area contributed by atoms with Gasteiger partial charge in [0, 0.05) is 6.54 Å². The summed E-state index contributed by atoms with van der Waals surface area (Å²) in [6.45, 7) is 2.03. The van der Waals surface area contributed by atoms with Gasteiger partial charge in [0.2, 0.25) is 0 Å². The highest BCUT2D eigenvalue weighted by atomic mass is 35.5. The Kier molecular flexibility index (Phi) is 2.90. The number of hydrogen-bond donors (Lipinski definition) is 2. The lowest BCUT2D eigenvalue weighted by Crippen LogP contribution is -2.06. The van der Waals surface area contributed by atoms with Crippen LogP contribution in [0.25, 0.3) is 0 Å². The summed E-state index contributed by atoms with van der Waals surface area (Å²) in [6.07, 6.45) is 0. The molecule has 3 N–H and O–H groups in total. The van der Waals surface area contributed by atoms with Crippen LogP contribution in [0.15, 0.2) is 12.1 Å². The van der Waals surface area contributed by atoms with Gasteiger partial charge in [0.1, 0.15) is 0 Å². The molecule has 0 heterocycles. The van der Waals surface area contributed by atoms with E-state index in [4.69, 9.17) is 22.4 Å². The monoisotopic (exact) mass is 199 g/mol. The topological polar surface area (TPSA) is 63.3 Å². The molecule has 1 aromatic rings. The first-order valence-corrected chi connectivity index (χ1v) is 4.17. The molecule has 13 heavy (non-hydrogen) atoms. The Morgan fingerprint density at radius 3 is 2.69 bits per heavy atom. The third kappa shape index (κ3) is 1.82. The average Bonchev–Trinajstić information content (AvgIpc) is 2.04. The smallest absolute Gasteiger partial charge is 0.337 e. The molecule has 0 amide bonds. The fraction of sp³-hybridized carbons (Fsp3) is 0.222. The zero-order valence-corrected chi connectivity index (χ0v) is 7.93. The quantitative estimate of drug-likeness (QED) is 0.764. The van der Waals surface area contributed by atoms with Crippen molar-refractivity contribution in [3.05, 3.63) is 33.8 Å². The molecule has 0 aliphatic rings. The second-order valence-corrected chi connectivity index (χ2v) is 3.12. The van der Waals surface area contributed by atoms with Crippen molar-refractivity contribution in [3.8, 4) is 0 Å². The van der Waals surface area contributed by atoms with Gasteiger partial charge in [0.25, 0.3) is 0 Å². The summed E-state index contributed by atoms with van der Waals surface area (Å²) in [7, 11) is 0. The third-order valence-electron chi connectivity index (χ3n) is 1.96. The van der Waals surface area contributed by atoms with Gasteiger partial charge in [0.15, 0.2) is 0 Å². The van der Waals surface area contributed by atoms with E-state index in [-0.39, 0.29) is 10.6 Å². The normalized spacial score (nSPS) is 10.1. The van der Waals surface area contributed by atoms with Crippen molar-refractivity contribution in [2.75, 3.05) is 0 Å². The second-order valence-electron chi connectivity index (χ2n) is 2.72. The Labute approximate surface area is 81.1 Å². The maximum atomic E-state index is 10.8. The molecule has 4 heteroatoms. The molecule has 0 aromatic heterocycles. The van der Waals surface area contributed by atoms with Crippen molar-refractivity contribution in [2.24, 2.45) is 5.73 Å². The highest BCUT2D eigenvalue weighted by Gasteiger charge is 2.13. The molecule has 3 nitrogen and oxygen atoms in total. The predicted octanol–water partition coefficient (Wildman–Crippen LogP) is 1.81.